The number of hydrogen-bond donors (Lipinski definition) is 2. The van der Waals surface area contributed by atoms with E-state index >= 15 is 0 Å². The fraction of sp³-hybridized carbons (Fsp3) is 0.250. The third-order valence-corrected chi connectivity index (χ3v) is 4.90. The van der Waals surface area contributed by atoms with E-state index in [0.717, 1.165) is 22.6 Å². The number of fused-ring (bicyclic) bond motifs is 1. The summed E-state index contributed by atoms with van der Waals surface area (Å²) in [5, 5.41) is 10.5. The Morgan fingerprint density at radius 3 is 2.79 bits per heavy atom. The number of aromatic nitrogens is 3. The van der Waals surface area contributed by atoms with Crippen LogP contribution in [0.1, 0.15) is 18.1 Å². The first kappa shape index (κ1) is 18.0. The number of pyridine rings is 1. The van der Waals surface area contributed by atoms with E-state index in [-0.39, 0.29) is 17.8 Å². The second-order valence-corrected chi connectivity index (χ2v) is 6.89. The van der Waals surface area contributed by atoms with Gasteiger partial charge in [-0.1, -0.05) is 12.1 Å². The Morgan fingerprint density at radius 2 is 2.00 bits per heavy atom. The van der Waals surface area contributed by atoms with Gasteiger partial charge in [-0.2, -0.15) is 5.10 Å². The molecule has 0 spiro atoms. The third kappa shape index (κ3) is 3.66. The second kappa shape index (κ2) is 7.30. The van der Waals surface area contributed by atoms with Crippen LogP contribution in [0.3, 0.4) is 0 Å². The van der Waals surface area contributed by atoms with Crippen LogP contribution >= 0.6 is 0 Å². The second-order valence-electron chi connectivity index (χ2n) is 6.89. The monoisotopic (exact) mass is 380 g/mol. The highest BCUT2D eigenvalue weighted by Gasteiger charge is 2.27. The van der Waals surface area contributed by atoms with Crippen molar-refractivity contribution in [3.63, 3.8) is 0 Å². The maximum Gasteiger partial charge on any atom is 0.246 e. The average Bonchev–Trinajstić information content (AvgIpc) is 3.14. The lowest BCUT2D eigenvalue weighted by atomic mass is 10.1. The Labute approximate surface area is 162 Å². The van der Waals surface area contributed by atoms with Crippen LogP contribution in [0, 0.1) is 5.82 Å². The zero-order chi connectivity index (χ0) is 19.7. The molecule has 144 valence electrons. The predicted molar refractivity (Wildman–Crippen MR) is 106 cm³/mol. The first-order chi connectivity index (χ1) is 13.5. The summed E-state index contributed by atoms with van der Waals surface area (Å²) >= 11 is 0. The summed E-state index contributed by atoms with van der Waals surface area (Å²) in [6.07, 6.45) is 5.41. The highest BCUT2D eigenvalue weighted by Crippen LogP contribution is 2.32. The Balaban J connectivity index is 1.41. The zero-order valence-electron chi connectivity index (χ0n) is 15.7. The maximum absolute atomic E-state index is 13.0. The van der Waals surface area contributed by atoms with Crippen LogP contribution in [0.4, 0.5) is 21.6 Å². The van der Waals surface area contributed by atoms with Gasteiger partial charge in [0.25, 0.3) is 0 Å². The summed E-state index contributed by atoms with van der Waals surface area (Å²) in [4.78, 5) is 18.2. The van der Waals surface area contributed by atoms with Crippen molar-refractivity contribution in [2.24, 2.45) is 0 Å². The molecule has 2 aromatic heterocycles. The highest BCUT2D eigenvalue weighted by molar-refractivity contribution is 6.03. The molecule has 0 aliphatic carbocycles. The van der Waals surface area contributed by atoms with E-state index in [0.29, 0.717) is 18.8 Å². The van der Waals surface area contributed by atoms with Crippen LogP contribution in [0.25, 0.3) is 0 Å². The normalized spacial score (nSPS) is 15.9. The first-order valence-corrected chi connectivity index (χ1v) is 9.03. The van der Waals surface area contributed by atoms with Crippen molar-refractivity contribution in [2.75, 3.05) is 22.6 Å². The maximum atomic E-state index is 13.0. The molecule has 8 heteroatoms. The summed E-state index contributed by atoms with van der Waals surface area (Å²) in [6, 6.07) is 8.10. The van der Waals surface area contributed by atoms with Gasteiger partial charge >= 0.3 is 0 Å². The quantitative estimate of drug-likeness (QED) is 0.712. The molecule has 0 saturated carbocycles. The van der Waals surface area contributed by atoms with Crippen molar-refractivity contribution >= 4 is 23.1 Å². The number of halogens is 1. The molecular formula is C20H21FN6O. The number of likely N-dealkylation sites (N-methyl/N-ethyl adjacent to an activating group) is 1. The summed E-state index contributed by atoms with van der Waals surface area (Å²) < 4.78 is 14.8. The fourth-order valence-corrected chi connectivity index (χ4v) is 3.10. The van der Waals surface area contributed by atoms with Gasteiger partial charge < -0.3 is 15.5 Å². The molecule has 1 aliphatic heterocycles. The van der Waals surface area contributed by atoms with Crippen molar-refractivity contribution < 1.29 is 9.18 Å². The Morgan fingerprint density at radius 1 is 1.21 bits per heavy atom. The van der Waals surface area contributed by atoms with E-state index in [1.807, 2.05) is 35.8 Å². The Bertz CT molecular complexity index is 1000. The van der Waals surface area contributed by atoms with Crippen LogP contribution in [-0.2, 0) is 17.9 Å². The molecule has 4 rings (SSSR count). The van der Waals surface area contributed by atoms with E-state index < -0.39 is 0 Å². The van der Waals surface area contributed by atoms with E-state index in [4.69, 9.17) is 0 Å². The summed E-state index contributed by atoms with van der Waals surface area (Å²) in [5.41, 5.74) is 3.64. The van der Waals surface area contributed by atoms with E-state index in [1.54, 1.807) is 24.5 Å². The van der Waals surface area contributed by atoms with E-state index in [1.165, 1.54) is 12.1 Å². The lowest BCUT2D eigenvalue weighted by Crippen LogP contribution is -2.43. The van der Waals surface area contributed by atoms with Crippen LogP contribution < -0.4 is 15.5 Å². The number of hydrogen-bond acceptors (Lipinski definition) is 5. The van der Waals surface area contributed by atoms with Crippen molar-refractivity contribution in [1.82, 2.24) is 14.8 Å². The number of rotatable bonds is 5. The summed E-state index contributed by atoms with van der Waals surface area (Å²) in [7, 11) is 1.89. The van der Waals surface area contributed by atoms with Gasteiger partial charge in [0.1, 0.15) is 17.7 Å². The van der Waals surface area contributed by atoms with Gasteiger partial charge in [-0.25, -0.2) is 9.37 Å². The smallest absolute Gasteiger partial charge is 0.246 e. The summed E-state index contributed by atoms with van der Waals surface area (Å²) in [5.74, 6) is 0.442. The molecule has 1 atom stereocenters. The van der Waals surface area contributed by atoms with Gasteiger partial charge in [-0.15, -0.1) is 0 Å². The van der Waals surface area contributed by atoms with Crippen LogP contribution in [-0.4, -0.2) is 33.8 Å². The van der Waals surface area contributed by atoms with E-state index in [9.17, 15) is 9.18 Å². The van der Waals surface area contributed by atoms with Crippen molar-refractivity contribution in [3.05, 3.63) is 65.9 Å². The van der Waals surface area contributed by atoms with Crippen LogP contribution in [0.15, 0.2) is 48.9 Å². The van der Waals surface area contributed by atoms with Crippen LogP contribution in [0.5, 0.6) is 0 Å². The van der Waals surface area contributed by atoms with Crippen molar-refractivity contribution in [2.45, 2.75) is 26.1 Å². The zero-order valence-corrected chi connectivity index (χ0v) is 15.7. The minimum Gasteiger partial charge on any atom is -0.366 e. The molecular weight excluding hydrogens is 359 g/mol. The number of benzene rings is 1. The number of nitrogens with one attached hydrogen (secondary N) is 2. The molecule has 0 radical (unpaired) electrons. The summed E-state index contributed by atoms with van der Waals surface area (Å²) in [6.45, 7) is 3.02. The number of anilines is 3. The standard InChI is InChI=1S/C20H21FN6O/c1-13-20(28)25-17-10-23-19(7-18(17)26(13)2)22-8-15-9-24-27(12-15)11-14-3-5-16(21)6-4-14/h3-7,9-10,12-13H,8,11H2,1-2H3,(H,22,23)(H,25,28)/t13-/m0/s1. The minimum absolute atomic E-state index is 0.0360. The number of nitrogens with zero attached hydrogens (tertiary/aromatic N) is 4. The van der Waals surface area contributed by atoms with E-state index in [2.05, 4.69) is 20.7 Å². The number of carbonyl (C=O) groups is 1. The van der Waals surface area contributed by atoms with Gasteiger partial charge in [0.15, 0.2) is 0 Å². The molecule has 28 heavy (non-hydrogen) atoms. The van der Waals surface area contributed by atoms with Crippen molar-refractivity contribution in [1.29, 1.82) is 0 Å². The average molecular weight is 380 g/mol. The third-order valence-electron chi connectivity index (χ3n) is 4.90. The molecule has 2 N–H and O–H groups in total. The molecule has 0 unspecified atom stereocenters. The molecule has 1 aromatic carbocycles. The van der Waals surface area contributed by atoms with Gasteiger partial charge in [-0.3, -0.25) is 9.48 Å². The lowest BCUT2D eigenvalue weighted by Gasteiger charge is -2.33. The molecule has 0 saturated heterocycles. The predicted octanol–water partition coefficient (Wildman–Crippen LogP) is 2.85. The highest BCUT2D eigenvalue weighted by atomic mass is 19.1. The Kier molecular flexibility index (Phi) is 4.68. The van der Waals surface area contributed by atoms with Gasteiger partial charge in [-0.05, 0) is 24.6 Å². The van der Waals surface area contributed by atoms with Gasteiger partial charge in [0, 0.05) is 31.4 Å². The van der Waals surface area contributed by atoms with Gasteiger partial charge in [0.05, 0.1) is 30.3 Å². The van der Waals surface area contributed by atoms with Crippen LogP contribution in [0.2, 0.25) is 0 Å². The molecule has 1 aliphatic rings. The molecule has 0 fully saturated rings. The lowest BCUT2D eigenvalue weighted by molar-refractivity contribution is -0.117. The van der Waals surface area contributed by atoms with Crippen molar-refractivity contribution in [3.8, 4) is 0 Å². The number of carbonyl (C=O) groups excluding carboxylic acids is 1. The fourth-order valence-electron chi connectivity index (χ4n) is 3.10. The molecule has 0 bridgehead atoms. The SMILES string of the molecule is C[C@H]1C(=O)Nc2cnc(NCc3cnn(Cc4ccc(F)cc4)c3)cc2N1C. The molecule has 3 aromatic rings. The number of amides is 1. The molecule has 3 heterocycles. The first-order valence-electron chi connectivity index (χ1n) is 9.03. The minimum atomic E-state index is -0.244. The molecule has 1 amide bonds. The topological polar surface area (TPSA) is 75.1 Å². The Hall–Kier alpha value is -3.42. The molecule has 7 nitrogen and oxygen atoms in total. The largest absolute Gasteiger partial charge is 0.366 e. The van der Waals surface area contributed by atoms with Gasteiger partial charge in [0.2, 0.25) is 5.91 Å².